The summed E-state index contributed by atoms with van der Waals surface area (Å²) in [6.07, 6.45) is -4.42. The van der Waals surface area contributed by atoms with E-state index < -0.39 is 17.7 Å². The molecule has 6 heteroatoms. The van der Waals surface area contributed by atoms with Gasteiger partial charge in [-0.3, -0.25) is 0 Å². The minimum absolute atomic E-state index is 0.0316. The summed E-state index contributed by atoms with van der Waals surface area (Å²) in [6, 6.07) is 9.22. The number of carboxylic acids is 1. The van der Waals surface area contributed by atoms with Crippen molar-refractivity contribution in [2.24, 2.45) is 0 Å². The van der Waals surface area contributed by atoms with E-state index in [4.69, 9.17) is 4.74 Å². The van der Waals surface area contributed by atoms with Crippen molar-refractivity contribution in [3.63, 3.8) is 0 Å². The van der Waals surface area contributed by atoms with Crippen molar-refractivity contribution >= 4 is 5.97 Å². The van der Waals surface area contributed by atoms with Gasteiger partial charge in [-0.25, -0.2) is 4.79 Å². The van der Waals surface area contributed by atoms with Crippen LogP contribution in [0.15, 0.2) is 42.5 Å². The first-order chi connectivity index (χ1) is 10.3. The largest absolute Gasteiger partial charge is 0.478 e. The molecule has 0 unspecified atom stereocenters. The topological polar surface area (TPSA) is 46.5 Å². The van der Waals surface area contributed by atoms with Crippen LogP contribution in [-0.2, 0) is 17.5 Å². The highest BCUT2D eigenvalue weighted by molar-refractivity contribution is 5.97. The zero-order valence-corrected chi connectivity index (χ0v) is 11.6. The molecule has 0 heterocycles. The monoisotopic (exact) mass is 310 g/mol. The van der Waals surface area contributed by atoms with Crippen molar-refractivity contribution in [3.05, 3.63) is 59.2 Å². The van der Waals surface area contributed by atoms with Gasteiger partial charge in [0, 0.05) is 7.11 Å². The van der Waals surface area contributed by atoms with Gasteiger partial charge in [0.05, 0.1) is 17.7 Å². The number of ether oxygens (including phenoxy) is 1. The molecule has 0 saturated carbocycles. The van der Waals surface area contributed by atoms with Crippen molar-refractivity contribution < 1.29 is 27.8 Å². The van der Waals surface area contributed by atoms with Gasteiger partial charge in [-0.1, -0.05) is 30.3 Å². The Morgan fingerprint density at radius 1 is 1.14 bits per heavy atom. The third kappa shape index (κ3) is 3.28. The van der Waals surface area contributed by atoms with Gasteiger partial charge in [0.25, 0.3) is 0 Å². The van der Waals surface area contributed by atoms with Crippen molar-refractivity contribution in [2.75, 3.05) is 7.11 Å². The summed E-state index contributed by atoms with van der Waals surface area (Å²) in [4.78, 5) is 11.5. The van der Waals surface area contributed by atoms with Gasteiger partial charge in [0.2, 0.25) is 0 Å². The summed E-state index contributed by atoms with van der Waals surface area (Å²) in [5, 5.41) is 9.38. The molecule has 0 aromatic heterocycles. The van der Waals surface area contributed by atoms with Gasteiger partial charge < -0.3 is 9.84 Å². The molecule has 22 heavy (non-hydrogen) atoms. The lowest BCUT2D eigenvalue weighted by Gasteiger charge is -2.12. The van der Waals surface area contributed by atoms with Crippen LogP contribution in [0.4, 0.5) is 13.2 Å². The Bertz CT molecular complexity index is 676. The first kappa shape index (κ1) is 16.0. The number of alkyl halides is 3. The summed E-state index contributed by atoms with van der Waals surface area (Å²) in [5.74, 6) is -1.15. The van der Waals surface area contributed by atoms with E-state index in [0.29, 0.717) is 16.7 Å². The van der Waals surface area contributed by atoms with Gasteiger partial charge in [0.1, 0.15) is 0 Å². The Morgan fingerprint density at radius 3 is 2.27 bits per heavy atom. The number of aromatic carboxylic acids is 1. The molecule has 0 radical (unpaired) electrons. The number of methoxy groups -OCH3 is 1. The van der Waals surface area contributed by atoms with Crippen LogP contribution < -0.4 is 0 Å². The lowest BCUT2D eigenvalue weighted by atomic mass is 9.95. The van der Waals surface area contributed by atoms with Crippen LogP contribution in [0.3, 0.4) is 0 Å². The summed E-state index contributed by atoms with van der Waals surface area (Å²) in [5.41, 5.74) is 0.483. The fourth-order valence-corrected chi connectivity index (χ4v) is 2.21. The van der Waals surface area contributed by atoms with E-state index in [1.165, 1.54) is 19.2 Å². The molecule has 2 aromatic rings. The average Bonchev–Trinajstić information content (AvgIpc) is 2.46. The van der Waals surface area contributed by atoms with E-state index in [-0.39, 0.29) is 12.2 Å². The molecule has 1 N–H and O–H groups in total. The summed E-state index contributed by atoms with van der Waals surface area (Å²) in [6.45, 7) is 0.107. The standard InChI is InChI=1S/C16H13F3O3/c1-22-9-11-3-2-4-13(14(11)15(20)21)10-5-7-12(8-6-10)16(17,18)19/h2-8H,9H2,1H3,(H,20,21). The van der Waals surface area contributed by atoms with Crippen LogP contribution in [0.1, 0.15) is 21.5 Å². The Labute approximate surface area is 125 Å². The molecule has 0 saturated heterocycles. The highest BCUT2D eigenvalue weighted by atomic mass is 19.4. The maximum atomic E-state index is 12.6. The normalized spacial score (nSPS) is 11.5. The molecule has 2 rings (SSSR count). The molecule has 0 fully saturated rings. The molecule has 3 nitrogen and oxygen atoms in total. The van der Waals surface area contributed by atoms with Gasteiger partial charge in [-0.15, -0.1) is 0 Å². The van der Waals surface area contributed by atoms with Crippen molar-refractivity contribution in [3.8, 4) is 11.1 Å². The van der Waals surface area contributed by atoms with Crippen LogP contribution in [0.5, 0.6) is 0 Å². The second-order valence-corrected chi connectivity index (χ2v) is 4.65. The SMILES string of the molecule is COCc1cccc(-c2ccc(C(F)(F)F)cc2)c1C(=O)O. The molecule has 116 valence electrons. The fraction of sp³-hybridized carbons (Fsp3) is 0.188. The smallest absolute Gasteiger partial charge is 0.416 e. The Morgan fingerprint density at radius 2 is 1.77 bits per heavy atom. The number of carbonyl (C=O) groups is 1. The molecule has 0 aliphatic carbocycles. The van der Waals surface area contributed by atoms with Crippen molar-refractivity contribution in [1.82, 2.24) is 0 Å². The minimum Gasteiger partial charge on any atom is -0.478 e. The maximum Gasteiger partial charge on any atom is 0.416 e. The zero-order valence-electron chi connectivity index (χ0n) is 11.6. The third-order valence-corrected chi connectivity index (χ3v) is 3.19. The van der Waals surface area contributed by atoms with E-state index in [1.54, 1.807) is 18.2 Å². The van der Waals surface area contributed by atoms with E-state index >= 15 is 0 Å². The van der Waals surface area contributed by atoms with Crippen LogP contribution in [-0.4, -0.2) is 18.2 Å². The molecule has 0 aliphatic heterocycles. The van der Waals surface area contributed by atoms with Crippen LogP contribution >= 0.6 is 0 Å². The summed E-state index contributed by atoms with van der Waals surface area (Å²) in [7, 11) is 1.44. The van der Waals surface area contributed by atoms with Crippen LogP contribution in [0.25, 0.3) is 11.1 Å². The second-order valence-electron chi connectivity index (χ2n) is 4.65. The van der Waals surface area contributed by atoms with Crippen LogP contribution in [0, 0.1) is 0 Å². The zero-order chi connectivity index (χ0) is 16.3. The predicted molar refractivity (Wildman–Crippen MR) is 74.6 cm³/mol. The Kier molecular flexibility index (Phi) is 4.51. The number of hydrogen-bond acceptors (Lipinski definition) is 2. The number of benzene rings is 2. The first-order valence-corrected chi connectivity index (χ1v) is 6.36. The predicted octanol–water partition coefficient (Wildman–Crippen LogP) is 4.22. The Balaban J connectivity index is 2.52. The Hall–Kier alpha value is -2.34. The molecule has 0 spiro atoms. The van der Waals surface area contributed by atoms with Crippen molar-refractivity contribution in [1.29, 1.82) is 0 Å². The lowest BCUT2D eigenvalue weighted by Crippen LogP contribution is -2.07. The molecular weight excluding hydrogens is 297 g/mol. The van der Waals surface area contributed by atoms with E-state index in [9.17, 15) is 23.1 Å². The number of halogens is 3. The number of hydrogen-bond donors (Lipinski definition) is 1. The minimum atomic E-state index is -4.42. The molecular formula is C16H13F3O3. The second kappa shape index (κ2) is 6.19. The average molecular weight is 310 g/mol. The molecule has 0 amide bonds. The highest BCUT2D eigenvalue weighted by Crippen LogP contribution is 2.32. The van der Waals surface area contributed by atoms with Gasteiger partial charge in [-0.05, 0) is 28.8 Å². The lowest BCUT2D eigenvalue weighted by molar-refractivity contribution is -0.137. The van der Waals surface area contributed by atoms with E-state index in [1.807, 2.05) is 0 Å². The third-order valence-electron chi connectivity index (χ3n) is 3.19. The highest BCUT2D eigenvalue weighted by Gasteiger charge is 2.30. The molecule has 0 aliphatic rings. The van der Waals surface area contributed by atoms with Crippen LogP contribution in [0.2, 0.25) is 0 Å². The van der Waals surface area contributed by atoms with Gasteiger partial charge >= 0.3 is 12.1 Å². The van der Waals surface area contributed by atoms with Crippen molar-refractivity contribution in [2.45, 2.75) is 12.8 Å². The van der Waals surface area contributed by atoms with Gasteiger partial charge in [-0.2, -0.15) is 13.2 Å². The van der Waals surface area contributed by atoms with Gasteiger partial charge in [0.15, 0.2) is 0 Å². The first-order valence-electron chi connectivity index (χ1n) is 6.36. The van der Waals surface area contributed by atoms with E-state index in [2.05, 4.69) is 0 Å². The summed E-state index contributed by atoms with van der Waals surface area (Å²) >= 11 is 0. The quantitative estimate of drug-likeness (QED) is 0.920. The molecule has 2 aromatic carbocycles. The molecule has 0 bridgehead atoms. The summed E-state index contributed by atoms with van der Waals surface area (Å²) < 4.78 is 42.7. The molecule has 0 atom stereocenters. The number of rotatable bonds is 4. The number of carboxylic acid groups (broad SMARTS) is 1. The van der Waals surface area contributed by atoms with E-state index in [0.717, 1.165) is 12.1 Å². The fourth-order valence-electron chi connectivity index (χ4n) is 2.21. The maximum absolute atomic E-state index is 12.6.